The van der Waals surface area contributed by atoms with Gasteiger partial charge in [-0.1, -0.05) is 24.3 Å². The molecule has 0 saturated carbocycles. The Morgan fingerprint density at radius 3 is 2.39 bits per heavy atom. The molecule has 0 atom stereocenters. The highest BCUT2D eigenvalue weighted by Gasteiger charge is 2.54. The van der Waals surface area contributed by atoms with E-state index in [4.69, 9.17) is 0 Å². The predicted octanol–water partition coefficient (Wildman–Crippen LogP) is 2.71. The Bertz CT molecular complexity index is 1170. The number of hydrogen-bond acceptors (Lipinski definition) is 6. The highest BCUT2D eigenvalue weighted by molar-refractivity contribution is 5.98. The van der Waals surface area contributed by atoms with Crippen molar-refractivity contribution in [2.75, 3.05) is 31.2 Å². The smallest absolute Gasteiger partial charge is 0.273 e. The third kappa shape index (κ3) is 4.75. The molecule has 0 bridgehead atoms. The zero-order chi connectivity index (χ0) is 26.0. The van der Waals surface area contributed by atoms with Crippen LogP contribution in [0.4, 0.5) is 11.4 Å². The predicted molar refractivity (Wildman–Crippen MR) is 134 cm³/mol. The van der Waals surface area contributed by atoms with Crippen LogP contribution in [0.25, 0.3) is 0 Å². The van der Waals surface area contributed by atoms with Crippen molar-refractivity contribution in [3.63, 3.8) is 0 Å². The quantitative estimate of drug-likeness (QED) is 0.489. The molecule has 2 aliphatic heterocycles. The average Bonchev–Trinajstić information content (AvgIpc) is 3.10. The van der Waals surface area contributed by atoms with Crippen LogP contribution in [0.15, 0.2) is 48.5 Å². The molecule has 2 aliphatic rings. The molecule has 0 unspecified atom stereocenters. The second kappa shape index (κ2) is 9.96. The molecule has 0 aromatic heterocycles. The number of amides is 3. The summed E-state index contributed by atoms with van der Waals surface area (Å²) in [7, 11) is 0. The van der Waals surface area contributed by atoms with Crippen molar-refractivity contribution in [1.82, 2.24) is 15.1 Å². The molecule has 2 aromatic rings. The van der Waals surface area contributed by atoms with Gasteiger partial charge in [-0.05, 0) is 51.8 Å². The number of likely N-dealkylation sites (tertiary alicyclic amines) is 1. The third-order valence-corrected chi connectivity index (χ3v) is 6.90. The molecule has 1 N–H and O–H groups in total. The third-order valence-electron chi connectivity index (χ3n) is 6.90. The van der Waals surface area contributed by atoms with Gasteiger partial charge in [-0.25, -0.2) is 0 Å². The number of carbonyl (C=O) groups is 3. The van der Waals surface area contributed by atoms with Crippen LogP contribution in [0.3, 0.4) is 0 Å². The lowest BCUT2D eigenvalue weighted by Gasteiger charge is -2.43. The molecule has 36 heavy (non-hydrogen) atoms. The van der Waals surface area contributed by atoms with Gasteiger partial charge in [-0.2, -0.15) is 0 Å². The zero-order valence-corrected chi connectivity index (χ0v) is 20.8. The molecule has 0 aliphatic carbocycles. The molecule has 10 heteroatoms. The molecule has 10 nitrogen and oxygen atoms in total. The first-order valence-corrected chi connectivity index (χ1v) is 12.1. The summed E-state index contributed by atoms with van der Waals surface area (Å²) in [5.41, 5.74) is 0.673. The number of nitrogens with zero attached hydrogens (tertiary/aromatic N) is 4. The van der Waals surface area contributed by atoms with Crippen molar-refractivity contribution in [2.45, 2.75) is 45.2 Å². The van der Waals surface area contributed by atoms with Crippen LogP contribution >= 0.6 is 0 Å². The van der Waals surface area contributed by atoms with Gasteiger partial charge in [0.05, 0.1) is 11.6 Å². The standard InChI is InChI=1S/C26H31N5O5/c1-18(2)27-23(32)16-29-17-30(21-7-5-4-6-8-21)26(25(29)34)11-13-28(14-12-26)24(33)20-10-9-19(3)22(15-20)31(35)36/h4-10,15,18H,11-14,16-17H2,1-3H3,(H,27,32). The SMILES string of the molecule is Cc1ccc(C(=O)N2CCC3(CC2)C(=O)N(CC(=O)NC(C)C)CN3c2ccccc2)cc1[N+](=O)[O-]. The lowest BCUT2D eigenvalue weighted by atomic mass is 9.85. The van der Waals surface area contributed by atoms with Crippen LogP contribution in [-0.4, -0.2) is 70.3 Å². The monoisotopic (exact) mass is 493 g/mol. The number of nitrogens with one attached hydrogen (secondary N) is 1. The number of nitro benzene ring substituents is 1. The summed E-state index contributed by atoms with van der Waals surface area (Å²) < 4.78 is 0. The van der Waals surface area contributed by atoms with Gasteiger partial charge in [-0.3, -0.25) is 24.5 Å². The van der Waals surface area contributed by atoms with E-state index in [2.05, 4.69) is 5.32 Å². The van der Waals surface area contributed by atoms with E-state index < -0.39 is 10.5 Å². The van der Waals surface area contributed by atoms with E-state index in [1.54, 1.807) is 28.9 Å². The molecule has 3 amide bonds. The van der Waals surface area contributed by atoms with Crippen LogP contribution in [0.2, 0.25) is 0 Å². The molecule has 4 rings (SSSR count). The first kappa shape index (κ1) is 25.2. The largest absolute Gasteiger partial charge is 0.352 e. The Hall–Kier alpha value is -3.95. The van der Waals surface area contributed by atoms with Crippen molar-refractivity contribution < 1.29 is 19.3 Å². The van der Waals surface area contributed by atoms with E-state index in [0.717, 1.165) is 5.69 Å². The maximum Gasteiger partial charge on any atom is 0.273 e. The molecule has 190 valence electrons. The Kier molecular flexibility index (Phi) is 6.96. The van der Waals surface area contributed by atoms with Crippen molar-refractivity contribution in [3.8, 4) is 0 Å². The summed E-state index contributed by atoms with van der Waals surface area (Å²) in [5.74, 6) is -0.627. The van der Waals surface area contributed by atoms with Gasteiger partial charge < -0.3 is 20.0 Å². The fourth-order valence-electron chi connectivity index (χ4n) is 5.06. The molecule has 2 saturated heterocycles. The highest BCUT2D eigenvalue weighted by Crippen LogP contribution is 2.39. The van der Waals surface area contributed by atoms with Crippen LogP contribution < -0.4 is 10.2 Å². The number of nitro groups is 1. The summed E-state index contributed by atoms with van der Waals surface area (Å²) in [6.45, 7) is 6.27. The molecule has 0 radical (unpaired) electrons. The number of carbonyl (C=O) groups excluding carboxylic acids is 3. The summed E-state index contributed by atoms with van der Waals surface area (Å²) in [6, 6.07) is 14.1. The van der Waals surface area contributed by atoms with Gasteiger partial charge in [0, 0.05) is 42.0 Å². The van der Waals surface area contributed by atoms with Crippen LogP contribution in [-0.2, 0) is 9.59 Å². The minimum atomic E-state index is -0.866. The van der Waals surface area contributed by atoms with Gasteiger partial charge in [-0.15, -0.1) is 0 Å². The summed E-state index contributed by atoms with van der Waals surface area (Å²) >= 11 is 0. The van der Waals surface area contributed by atoms with Crippen molar-refractivity contribution in [2.24, 2.45) is 0 Å². The second-order valence-electron chi connectivity index (χ2n) is 9.71. The lowest BCUT2D eigenvalue weighted by Crippen LogP contribution is -2.57. The molecule has 2 heterocycles. The van der Waals surface area contributed by atoms with E-state index in [0.29, 0.717) is 31.5 Å². The lowest BCUT2D eigenvalue weighted by molar-refractivity contribution is -0.385. The van der Waals surface area contributed by atoms with Gasteiger partial charge >= 0.3 is 0 Å². The Morgan fingerprint density at radius 1 is 1.11 bits per heavy atom. The average molecular weight is 494 g/mol. The fourth-order valence-corrected chi connectivity index (χ4v) is 5.06. The van der Waals surface area contributed by atoms with Crippen LogP contribution in [0.1, 0.15) is 42.6 Å². The summed E-state index contributed by atoms with van der Waals surface area (Å²) in [4.78, 5) is 55.4. The van der Waals surface area contributed by atoms with E-state index >= 15 is 0 Å². The number of piperidine rings is 1. The summed E-state index contributed by atoms with van der Waals surface area (Å²) in [6.07, 6.45) is 0.783. The van der Waals surface area contributed by atoms with Gasteiger partial charge in [0.25, 0.3) is 17.5 Å². The molecule has 1 spiro atoms. The molecule has 2 fully saturated rings. The van der Waals surface area contributed by atoms with E-state index in [1.807, 2.05) is 49.1 Å². The van der Waals surface area contributed by atoms with E-state index in [1.165, 1.54) is 6.07 Å². The second-order valence-corrected chi connectivity index (χ2v) is 9.71. The first-order chi connectivity index (χ1) is 17.1. The topological polar surface area (TPSA) is 116 Å². The minimum Gasteiger partial charge on any atom is -0.352 e. The molecular formula is C26H31N5O5. The highest BCUT2D eigenvalue weighted by atomic mass is 16.6. The fraction of sp³-hybridized carbons (Fsp3) is 0.423. The number of hydrogen-bond donors (Lipinski definition) is 1. The zero-order valence-electron chi connectivity index (χ0n) is 20.8. The maximum atomic E-state index is 13.7. The number of anilines is 1. The van der Waals surface area contributed by atoms with Crippen LogP contribution in [0, 0.1) is 17.0 Å². The number of aryl methyl sites for hydroxylation is 1. The first-order valence-electron chi connectivity index (χ1n) is 12.1. The van der Waals surface area contributed by atoms with Crippen molar-refractivity contribution in [1.29, 1.82) is 0 Å². The number of benzene rings is 2. The molecular weight excluding hydrogens is 462 g/mol. The van der Waals surface area contributed by atoms with Crippen molar-refractivity contribution >= 4 is 29.1 Å². The van der Waals surface area contributed by atoms with Gasteiger partial charge in [0.2, 0.25) is 5.91 Å². The Balaban J connectivity index is 1.55. The maximum absolute atomic E-state index is 13.7. The minimum absolute atomic E-state index is 0.0266. The molecule has 2 aromatic carbocycles. The van der Waals surface area contributed by atoms with E-state index in [9.17, 15) is 24.5 Å². The number of para-hydroxylation sites is 1. The summed E-state index contributed by atoms with van der Waals surface area (Å²) in [5, 5.41) is 14.2. The van der Waals surface area contributed by atoms with Crippen molar-refractivity contribution in [3.05, 3.63) is 69.8 Å². The Morgan fingerprint density at radius 2 is 1.78 bits per heavy atom. The number of rotatable bonds is 6. The normalized spacial score (nSPS) is 17.1. The Labute approximate surface area is 210 Å². The van der Waals surface area contributed by atoms with Crippen LogP contribution in [0.5, 0.6) is 0 Å². The van der Waals surface area contributed by atoms with Gasteiger partial charge in [0.15, 0.2) is 0 Å². The van der Waals surface area contributed by atoms with Gasteiger partial charge in [0.1, 0.15) is 12.1 Å². The van der Waals surface area contributed by atoms with E-state index in [-0.39, 0.29) is 48.2 Å².